The van der Waals surface area contributed by atoms with Crippen LogP contribution in [-0.4, -0.2) is 33.7 Å². The van der Waals surface area contributed by atoms with E-state index in [9.17, 15) is 4.79 Å². The Morgan fingerprint density at radius 1 is 1.07 bits per heavy atom. The predicted molar refractivity (Wildman–Crippen MR) is 116 cm³/mol. The molecule has 0 radical (unpaired) electrons. The Bertz CT molecular complexity index is 983. The third-order valence-electron chi connectivity index (χ3n) is 4.73. The van der Waals surface area contributed by atoms with E-state index in [1.807, 2.05) is 56.3 Å². The monoisotopic (exact) mass is 427 g/mol. The van der Waals surface area contributed by atoms with Gasteiger partial charge in [-0.25, -0.2) is 0 Å². The van der Waals surface area contributed by atoms with Gasteiger partial charge in [0, 0.05) is 6.04 Å². The molecular formula is C23H26ClN3O3. The number of aromatic nitrogens is 2. The Kier molecular flexibility index (Phi) is 7.11. The van der Waals surface area contributed by atoms with Crippen LogP contribution in [0.25, 0.3) is 11.5 Å². The fourth-order valence-corrected chi connectivity index (χ4v) is 3.16. The Balaban J connectivity index is 1.64. The van der Waals surface area contributed by atoms with Crippen molar-refractivity contribution in [2.45, 2.75) is 46.2 Å². The van der Waals surface area contributed by atoms with Crippen LogP contribution in [0, 0.1) is 0 Å². The Morgan fingerprint density at radius 3 is 2.40 bits per heavy atom. The van der Waals surface area contributed by atoms with E-state index in [1.54, 1.807) is 11.0 Å². The molecule has 0 atom stereocenters. The van der Waals surface area contributed by atoms with Crippen molar-refractivity contribution in [3.05, 3.63) is 65.0 Å². The number of carbonyl (C=O) groups is 1. The van der Waals surface area contributed by atoms with Gasteiger partial charge < -0.3 is 14.1 Å². The van der Waals surface area contributed by atoms with Crippen molar-refractivity contribution in [3.8, 4) is 17.2 Å². The van der Waals surface area contributed by atoms with Crippen molar-refractivity contribution in [1.82, 2.24) is 15.1 Å². The van der Waals surface area contributed by atoms with Crippen molar-refractivity contribution >= 4 is 17.5 Å². The molecule has 0 saturated carbocycles. The normalized spacial score (nSPS) is 11.2. The molecule has 30 heavy (non-hydrogen) atoms. The molecule has 6 nitrogen and oxygen atoms in total. The quantitative estimate of drug-likeness (QED) is 0.486. The van der Waals surface area contributed by atoms with Gasteiger partial charge in [-0.2, -0.15) is 0 Å². The number of amides is 1. The minimum absolute atomic E-state index is 0.0555. The van der Waals surface area contributed by atoms with Gasteiger partial charge in [0.1, 0.15) is 5.75 Å². The van der Waals surface area contributed by atoms with Gasteiger partial charge in [-0.1, -0.05) is 49.7 Å². The van der Waals surface area contributed by atoms with Gasteiger partial charge in [0.25, 0.3) is 5.91 Å². The van der Waals surface area contributed by atoms with E-state index < -0.39 is 0 Å². The number of nitrogens with zero attached hydrogens (tertiary/aromatic N) is 3. The summed E-state index contributed by atoms with van der Waals surface area (Å²) in [6.45, 7) is 8.26. The molecule has 1 heterocycles. The smallest absolute Gasteiger partial charge is 0.261 e. The van der Waals surface area contributed by atoms with E-state index in [0.29, 0.717) is 34.0 Å². The van der Waals surface area contributed by atoms with Gasteiger partial charge in [-0.3, -0.25) is 4.79 Å². The first-order chi connectivity index (χ1) is 14.3. The number of benzene rings is 2. The van der Waals surface area contributed by atoms with E-state index in [4.69, 9.17) is 20.8 Å². The number of hydrogen-bond acceptors (Lipinski definition) is 5. The first-order valence-corrected chi connectivity index (χ1v) is 10.3. The van der Waals surface area contributed by atoms with Gasteiger partial charge in [-0.15, -0.1) is 10.2 Å². The van der Waals surface area contributed by atoms with Crippen molar-refractivity contribution < 1.29 is 13.9 Å². The molecule has 0 bridgehead atoms. The van der Waals surface area contributed by atoms with Gasteiger partial charge in [0.2, 0.25) is 11.8 Å². The van der Waals surface area contributed by atoms with Crippen molar-refractivity contribution in [2.24, 2.45) is 0 Å². The lowest BCUT2D eigenvalue weighted by Gasteiger charge is -2.25. The molecule has 0 N–H and O–H groups in total. The molecule has 0 spiro atoms. The molecule has 2 aromatic carbocycles. The maximum absolute atomic E-state index is 12.8. The zero-order valence-corrected chi connectivity index (χ0v) is 18.4. The molecule has 7 heteroatoms. The molecule has 0 aliphatic heterocycles. The third-order valence-corrected chi connectivity index (χ3v) is 5.06. The van der Waals surface area contributed by atoms with E-state index in [2.05, 4.69) is 24.0 Å². The van der Waals surface area contributed by atoms with Gasteiger partial charge in [0.15, 0.2) is 6.61 Å². The van der Waals surface area contributed by atoms with Crippen LogP contribution in [0.4, 0.5) is 0 Å². The fourth-order valence-electron chi connectivity index (χ4n) is 2.94. The Hall–Kier alpha value is -2.86. The SMILES string of the molecule is CC(C)c1ccc(OCC(=O)N(Cc2nnc(-c3ccccc3Cl)o2)C(C)C)cc1. The summed E-state index contributed by atoms with van der Waals surface area (Å²) in [5.74, 6) is 1.62. The minimum Gasteiger partial charge on any atom is -0.484 e. The third kappa shape index (κ3) is 5.39. The first kappa shape index (κ1) is 21.8. The molecule has 1 aromatic heterocycles. The molecule has 1 amide bonds. The van der Waals surface area contributed by atoms with Crippen molar-refractivity contribution in [3.63, 3.8) is 0 Å². The van der Waals surface area contributed by atoms with Crippen molar-refractivity contribution in [1.29, 1.82) is 0 Å². The van der Waals surface area contributed by atoms with Crippen LogP contribution in [0.1, 0.15) is 45.1 Å². The van der Waals surface area contributed by atoms with Crippen LogP contribution in [0.15, 0.2) is 52.9 Å². The Labute approximate surface area is 181 Å². The summed E-state index contributed by atoms with van der Waals surface area (Å²) in [7, 11) is 0. The van der Waals surface area contributed by atoms with Crippen LogP contribution in [-0.2, 0) is 11.3 Å². The van der Waals surface area contributed by atoms with E-state index >= 15 is 0 Å². The van der Waals surface area contributed by atoms with E-state index in [0.717, 1.165) is 0 Å². The number of hydrogen-bond donors (Lipinski definition) is 0. The summed E-state index contributed by atoms with van der Waals surface area (Å²) in [5, 5.41) is 8.67. The van der Waals surface area contributed by atoms with Crippen LogP contribution < -0.4 is 4.74 Å². The first-order valence-electron chi connectivity index (χ1n) is 9.94. The topological polar surface area (TPSA) is 68.5 Å². The van der Waals surface area contributed by atoms with Gasteiger partial charge >= 0.3 is 0 Å². The van der Waals surface area contributed by atoms with Crippen LogP contribution in [0.3, 0.4) is 0 Å². The Morgan fingerprint density at radius 2 is 1.77 bits per heavy atom. The summed E-state index contributed by atoms with van der Waals surface area (Å²) in [6, 6.07) is 15.0. The molecule has 0 unspecified atom stereocenters. The number of ether oxygens (including phenoxy) is 1. The predicted octanol–water partition coefficient (Wildman–Crippen LogP) is 5.33. The zero-order chi connectivity index (χ0) is 21.7. The van der Waals surface area contributed by atoms with Gasteiger partial charge in [0.05, 0.1) is 17.1 Å². The average Bonchev–Trinajstić information content (AvgIpc) is 3.19. The molecule has 0 aliphatic carbocycles. The summed E-state index contributed by atoms with van der Waals surface area (Å²) in [6.07, 6.45) is 0. The second-order valence-corrected chi connectivity index (χ2v) is 8.02. The highest BCUT2D eigenvalue weighted by Gasteiger charge is 2.21. The summed E-state index contributed by atoms with van der Waals surface area (Å²) in [5.41, 5.74) is 1.89. The second-order valence-electron chi connectivity index (χ2n) is 7.61. The summed E-state index contributed by atoms with van der Waals surface area (Å²) >= 11 is 6.19. The van der Waals surface area contributed by atoms with Gasteiger partial charge in [-0.05, 0) is 49.6 Å². The highest BCUT2D eigenvalue weighted by molar-refractivity contribution is 6.33. The van der Waals surface area contributed by atoms with Crippen molar-refractivity contribution in [2.75, 3.05) is 6.61 Å². The summed E-state index contributed by atoms with van der Waals surface area (Å²) < 4.78 is 11.4. The highest BCUT2D eigenvalue weighted by atomic mass is 35.5. The fraction of sp³-hybridized carbons (Fsp3) is 0.348. The standard InChI is InChI=1S/C23H26ClN3O3/c1-15(2)17-9-11-18(12-10-17)29-14-22(28)27(16(3)4)13-21-25-26-23(30-21)19-7-5-6-8-20(19)24/h5-12,15-16H,13-14H2,1-4H3. The summed E-state index contributed by atoms with van der Waals surface area (Å²) in [4.78, 5) is 14.4. The largest absolute Gasteiger partial charge is 0.484 e. The molecular weight excluding hydrogens is 402 g/mol. The zero-order valence-electron chi connectivity index (χ0n) is 17.6. The molecule has 0 fully saturated rings. The molecule has 0 aliphatic rings. The molecule has 158 valence electrons. The van der Waals surface area contributed by atoms with Crippen LogP contribution in [0.5, 0.6) is 5.75 Å². The lowest BCUT2D eigenvalue weighted by atomic mass is 10.0. The average molecular weight is 428 g/mol. The number of carbonyl (C=O) groups excluding carboxylic acids is 1. The van der Waals surface area contributed by atoms with Crippen LogP contribution in [0.2, 0.25) is 5.02 Å². The second kappa shape index (κ2) is 9.76. The molecule has 3 rings (SSSR count). The van der Waals surface area contributed by atoms with Crippen LogP contribution >= 0.6 is 11.6 Å². The van der Waals surface area contributed by atoms with E-state index in [1.165, 1.54) is 5.56 Å². The lowest BCUT2D eigenvalue weighted by Crippen LogP contribution is -2.39. The number of halogens is 1. The maximum atomic E-state index is 12.8. The minimum atomic E-state index is -0.157. The maximum Gasteiger partial charge on any atom is 0.261 e. The number of rotatable bonds is 8. The molecule has 3 aromatic rings. The van der Waals surface area contributed by atoms with E-state index in [-0.39, 0.29) is 25.1 Å². The molecule has 0 saturated heterocycles. The highest BCUT2D eigenvalue weighted by Crippen LogP contribution is 2.26. The lowest BCUT2D eigenvalue weighted by molar-refractivity contribution is -0.136.